The van der Waals surface area contributed by atoms with E-state index in [4.69, 9.17) is 11.6 Å². The van der Waals surface area contributed by atoms with Crippen molar-refractivity contribution < 1.29 is 9.59 Å². The highest BCUT2D eigenvalue weighted by atomic mass is 35.5. The quantitative estimate of drug-likeness (QED) is 0.791. The monoisotopic (exact) mass is 257 g/mol. The van der Waals surface area contributed by atoms with E-state index in [1.165, 1.54) is 0 Å². The average molecular weight is 258 g/mol. The van der Waals surface area contributed by atoms with Gasteiger partial charge in [-0.25, -0.2) is 0 Å². The molecule has 0 spiro atoms. The van der Waals surface area contributed by atoms with Crippen molar-refractivity contribution in [1.82, 2.24) is 0 Å². The fourth-order valence-electron chi connectivity index (χ4n) is 1.80. The normalized spacial score (nSPS) is 10.1. The number of rotatable bonds is 3. The number of aryl methyl sites for hydroxylation is 1. The molecule has 0 atom stereocenters. The van der Waals surface area contributed by atoms with Crippen LogP contribution < -0.4 is 0 Å². The van der Waals surface area contributed by atoms with Crippen LogP contribution in [0.15, 0.2) is 42.5 Å². The van der Waals surface area contributed by atoms with E-state index in [-0.39, 0.29) is 11.3 Å². The van der Waals surface area contributed by atoms with Crippen LogP contribution in [-0.2, 0) is 4.79 Å². The molecule has 2 rings (SSSR count). The number of ketones is 1. The number of hydrogen-bond acceptors (Lipinski definition) is 2. The molecule has 0 aliphatic carbocycles. The van der Waals surface area contributed by atoms with Gasteiger partial charge in [0, 0.05) is 21.7 Å². The molecular formula is C15H10ClO2. The van der Waals surface area contributed by atoms with E-state index in [0.29, 0.717) is 16.1 Å². The molecule has 0 unspecified atom stereocenters. The molecular weight excluding hydrogens is 248 g/mol. The van der Waals surface area contributed by atoms with Gasteiger partial charge in [0.2, 0.25) is 6.29 Å². The van der Waals surface area contributed by atoms with Crippen LogP contribution in [0, 0.1) is 6.92 Å². The fraction of sp³-hybridized carbons (Fsp3) is 0.0667. The molecule has 2 aromatic rings. The van der Waals surface area contributed by atoms with Gasteiger partial charge in [-0.2, -0.15) is 0 Å². The number of hydrogen-bond donors (Lipinski definition) is 0. The number of carbonyl (C=O) groups excluding carboxylic acids is 2. The highest BCUT2D eigenvalue weighted by Gasteiger charge is 2.16. The molecule has 1 radical (unpaired) electrons. The molecule has 0 heterocycles. The van der Waals surface area contributed by atoms with E-state index < -0.39 is 0 Å². The summed E-state index contributed by atoms with van der Waals surface area (Å²) in [7, 11) is 0. The summed E-state index contributed by atoms with van der Waals surface area (Å²) in [6.07, 6.45) is 1.80. The molecule has 3 heteroatoms. The molecule has 0 saturated heterocycles. The molecule has 0 aliphatic rings. The van der Waals surface area contributed by atoms with Crippen LogP contribution in [0.2, 0.25) is 5.02 Å². The van der Waals surface area contributed by atoms with Gasteiger partial charge in [0.1, 0.15) is 0 Å². The lowest BCUT2D eigenvalue weighted by Crippen LogP contribution is -2.07. The Hall–Kier alpha value is -1.93. The predicted octanol–water partition coefficient (Wildman–Crippen LogP) is 3.34. The maximum absolute atomic E-state index is 12.3. The van der Waals surface area contributed by atoms with E-state index >= 15 is 0 Å². The summed E-state index contributed by atoms with van der Waals surface area (Å²) in [4.78, 5) is 23.2. The average Bonchev–Trinajstić information content (AvgIpc) is 2.38. The predicted molar refractivity (Wildman–Crippen MR) is 70.9 cm³/mol. The third-order valence-corrected chi connectivity index (χ3v) is 2.97. The molecule has 0 saturated carbocycles. The van der Waals surface area contributed by atoms with Gasteiger partial charge in [-0.3, -0.25) is 9.59 Å². The van der Waals surface area contributed by atoms with E-state index in [0.717, 1.165) is 5.56 Å². The van der Waals surface area contributed by atoms with E-state index in [1.54, 1.807) is 55.7 Å². The SMILES string of the molecule is Cc1cccc([C]=O)c1C(=O)c1ccc(Cl)cc1. The number of benzene rings is 2. The lowest BCUT2D eigenvalue weighted by atomic mass is 9.95. The van der Waals surface area contributed by atoms with Crippen LogP contribution in [0.3, 0.4) is 0 Å². The van der Waals surface area contributed by atoms with Crippen molar-refractivity contribution in [2.45, 2.75) is 6.92 Å². The van der Waals surface area contributed by atoms with Gasteiger partial charge >= 0.3 is 0 Å². The van der Waals surface area contributed by atoms with Crippen LogP contribution in [-0.4, -0.2) is 12.1 Å². The van der Waals surface area contributed by atoms with Crippen LogP contribution in [0.5, 0.6) is 0 Å². The standard InChI is InChI=1S/C15H10ClO2/c1-10-3-2-4-12(9-17)14(10)15(18)11-5-7-13(16)8-6-11/h2-8H,1H3. The molecule has 0 N–H and O–H groups in total. The molecule has 89 valence electrons. The Bertz CT molecular complexity index is 600. The summed E-state index contributed by atoms with van der Waals surface area (Å²) in [6.45, 7) is 1.80. The first-order valence-corrected chi connectivity index (χ1v) is 5.79. The van der Waals surface area contributed by atoms with Gasteiger partial charge in [0.15, 0.2) is 5.78 Å². The van der Waals surface area contributed by atoms with Gasteiger partial charge in [0.25, 0.3) is 0 Å². The van der Waals surface area contributed by atoms with Gasteiger partial charge < -0.3 is 0 Å². The maximum atomic E-state index is 12.3. The lowest BCUT2D eigenvalue weighted by molar-refractivity contribution is 0.103. The summed E-state index contributed by atoms with van der Waals surface area (Å²) in [5, 5.41) is 0.568. The molecule has 0 aromatic heterocycles. The van der Waals surface area contributed by atoms with Gasteiger partial charge in [-0.05, 0) is 36.8 Å². The van der Waals surface area contributed by atoms with Gasteiger partial charge in [-0.15, -0.1) is 0 Å². The molecule has 0 amide bonds. The highest BCUT2D eigenvalue weighted by molar-refractivity contribution is 6.30. The van der Waals surface area contributed by atoms with Crippen LogP contribution in [0.25, 0.3) is 0 Å². The maximum Gasteiger partial charge on any atom is 0.234 e. The Morgan fingerprint density at radius 3 is 2.39 bits per heavy atom. The van der Waals surface area contributed by atoms with E-state index in [1.807, 2.05) is 0 Å². The largest absolute Gasteiger partial charge is 0.289 e. The summed E-state index contributed by atoms with van der Waals surface area (Å²) >= 11 is 5.78. The minimum atomic E-state index is -0.192. The molecule has 2 aromatic carbocycles. The number of halogens is 1. The lowest BCUT2D eigenvalue weighted by Gasteiger charge is -2.07. The van der Waals surface area contributed by atoms with E-state index in [9.17, 15) is 9.59 Å². The second-order valence-corrected chi connectivity index (χ2v) is 4.37. The Labute approximate surface area is 110 Å². The molecule has 18 heavy (non-hydrogen) atoms. The third kappa shape index (κ3) is 2.34. The summed E-state index contributed by atoms with van der Waals surface area (Å²) in [5.41, 5.74) is 1.95. The summed E-state index contributed by atoms with van der Waals surface area (Å²) in [6, 6.07) is 11.7. The van der Waals surface area contributed by atoms with Crippen molar-refractivity contribution in [2.75, 3.05) is 0 Å². The second kappa shape index (κ2) is 5.15. The summed E-state index contributed by atoms with van der Waals surface area (Å²) < 4.78 is 0. The Kier molecular flexibility index (Phi) is 3.58. The minimum Gasteiger partial charge on any atom is -0.289 e. The zero-order valence-electron chi connectivity index (χ0n) is 9.74. The van der Waals surface area contributed by atoms with Crippen molar-refractivity contribution in [2.24, 2.45) is 0 Å². The zero-order valence-corrected chi connectivity index (χ0v) is 10.5. The fourth-order valence-corrected chi connectivity index (χ4v) is 1.93. The first kappa shape index (κ1) is 12.5. The molecule has 0 fully saturated rings. The molecule has 0 bridgehead atoms. The van der Waals surface area contributed by atoms with Crippen molar-refractivity contribution in [3.05, 3.63) is 69.7 Å². The topological polar surface area (TPSA) is 34.1 Å². The zero-order chi connectivity index (χ0) is 13.1. The van der Waals surface area contributed by atoms with Crippen LogP contribution in [0.1, 0.15) is 27.0 Å². The van der Waals surface area contributed by atoms with Gasteiger partial charge in [0.05, 0.1) is 0 Å². The smallest absolute Gasteiger partial charge is 0.234 e. The number of carbonyl (C=O) groups is 1. The highest BCUT2D eigenvalue weighted by Crippen LogP contribution is 2.19. The van der Waals surface area contributed by atoms with Crippen LogP contribution in [0.4, 0.5) is 0 Å². The third-order valence-electron chi connectivity index (χ3n) is 2.72. The Morgan fingerprint density at radius 2 is 1.78 bits per heavy atom. The van der Waals surface area contributed by atoms with Gasteiger partial charge in [-0.1, -0.05) is 29.8 Å². The minimum absolute atomic E-state index is 0.192. The second-order valence-electron chi connectivity index (χ2n) is 3.94. The van der Waals surface area contributed by atoms with Crippen molar-refractivity contribution in [3.63, 3.8) is 0 Å². The van der Waals surface area contributed by atoms with Crippen molar-refractivity contribution in [1.29, 1.82) is 0 Å². The Morgan fingerprint density at radius 1 is 1.11 bits per heavy atom. The van der Waals surface area contributed by atoms with Crippen LogP contribution >= 0.6 is 11.6 Å². The Balaban J connectivity index is 2.52. The van der Waals surface area contributed by atoms with E-state index in [2.05, 4.69) is 0 Å². The first-order valence-electron chi connectivity index (χ1n) is 5.41. The van der Waals surface area contributed by atoms with Crippen molar-refractivity contribution in [3.8, 4) is 0 Å². The molecule has 0 aliphatic heterocycles. The first-order chi connectivity index (χ1) is 8.63. The summed E-state index contributed by atoms with van der Waals surface area (Å²) in [5.74, 6) is -0.192. The molecule has 2 nitrogen and oxygen atoms in total. The van der Waals surface area contributed by atoms with Crippen molar-refractivity contribution >= 4 is 23.7 Å².